The molecule has 1 aliphatic rings. The Morgan fingerprint density at radius 2 is 2.04 bits per heavy atom. The highest BCUT2D eigenvalue weighted by Crippen LogP contribution is 2.22. The first-order valence-electron chi connectivity index (χ1n) is 8.37. The van der Waals surface area contributed by atoms with Crippen LogP contribution in [-0.2, 0) is 24.4 Å². The number of nitrogens with one attached hydrogen (secondary N) is 1. The van der Waals surface area contributed by atoms with Gasteiger partial charge in [0.25, 0.3) is 0 Å². The Labute approximate surface area is 148 Å². The summed E-state index contributed by atoms with van der Waals surface area (Å²) in [7, 11) is 0. The van der Waals surface area contributed by atoms with E-state index in [1.807, 2.05) is 30.3 Å². The van der Waals surface area contributed by atoms with Gasteiger partial charge in [0.15, 0.2) is 17.3 Å². The molecule has 0 spiro atoms. The molecule has 130 valence electrons. The molecule has 1 aliphatic heterocycles. The lowest BCUT2D eigenvalue weighted by molar-refractivity contribution is 0.0807. The second-order valence-electron chi connectivity index (χ2n) is 5.94. The van der Waals surface area contributed by atoms with Crippen LogP contribution >= 0.6 is 0 Å². The van der Waals surface area contributed by atoms with Gasteiger partial charge in [0.1, 0.15) is 18.8 Å². The van der Waals surface area contributed by atoms with E-state index in [9.17, 15) is 0 Å². The van der Waals surface area contributed by atoms with Crippen LogP contribution in [0.1, 0.15) is 11.6 Å². The number of hydrogen-bond acceptors (Lipinski definition) is 7. The van der Waals surface area contributed by atoms with Gasteiger partial charge in [-0.1, -0.05) is 18.2 Å². The summed E-state index contributed by atoms with van der Waals surface area (Å²) in [5, 5.41) is 17.1. The van der Waals surface area contributed by atoms with Crippen molar-refractivity contribution < 1.29 is 4.74 Å². The Balaban J connectivity index is 1.45. The number of anilines is 1. The first-order valence-corrected chi connectivity index (χ1v) is 8.37. The van der Waals surface area contributed by atoms with E-state index in [1.165, 1.54) is 0 Å². The van der Waals surface area contributed by atoms with E-state index in [4.69, 9.17) is 4.74 Å². The fraction of sp³-hybridized carbons (Fsp3) is 0.235. The minimum absolute atomic E-state index is 0.509. The van der Waals surface area contributed by atoms with Gasteiger partial charge in [0.2, 0.25) is 0 Å². The maximum Gasteiger partial charge on any atom is 0.168 e. The largest absolute Gasteiger partial charge is 0.372 e. The molecule has 0 aliphatic carbocycles. The summed E-state index contributed by atoms with van der Waals surface area (Å²) in [6.45, 7) is 2.48. The van der Waals surface area contributed by atoms with Crippen molar-refractivity contribution in [2.75, 3.05) is 11.9 Å². The van der Waals surface area contributed by atoms with Gasteiger partial charge < -0.3 is 14.6 Å². The van der Waals surface area contributed by atoms with Gasteiger partial charge in [-0.05, 0) is 12.1 Å². The Kier molecular flexibility index (Phi) is 3.56. The van der Waals surface area contributed by atoms with Crippen LogP contribution in [0.15, 0.2) is 42.9 Å². The van der Waals surface area contributed by atoms with Gasteiger partial charge in [0.05, 0.1) is 30.4 Å². The molecule has 0 amide bonds. The highest BCUT2D eigenvalue weighted by molar-refractivity contribution is 5.87. The summed E-state index contributed by atoms with van der Waals surface area (Å²) in [6.07, 6.45) is 3.32. The highest BCUT2D eigenvalue weighted by Gasteiger charge is 2.17. The van der Waals surface area contributed by atoms with Crippen molar-refractivity contribution in [3.05, 3.63) is 54.5 Å². The van der Waals surface area contributed by atoms with Gasteiger partial charge in [-0.25, -0.2) is 14.6 Å². The van der Waals surface area contributed by atoms with E-state index < -0.39 is 0 Å². The van der Waals surface area contributed by atoms with Crippen molar-refractivity contribution in [3.8, 4) is 5.69 Å². The number of nitrogens with zero attached hydrogens (tertiary/aromatic N) is 7. The molecule has 4 aromatic rings. The lowest BCUT2D eigenvalue weighted by Gasteiger charge is -2.15. The standard InChI is InChI=1S/C17H16N8O/c1-2-4-12(5-3-1)25-17-13(8-21-25)16(19-11-20-17)18-9-14-22-23-15-10-26-7-6-24(14)15/h1-5,8,11H,6-7,9-10H2,(H,18,19,20). The maximum atomic E-state index is 5.40. The van der Waals surface area contributed by atoms with Gasteiger partial charge in [-0.2, -0.15) is 5.10 Å². The van der Waals surface area contributed by atoms with Crippen molar-refractivity contribution in [1.29, 1.82) is 0 Å². The summed E-state index contributed by atoms with van der Waals surface area (Å²) < 4.78 is 9.29. The fourth-order valence-corrected chi connectivity index (χ4v) is 3.09. The maximum absolute atomic E-state index is 5.40. The van der Waals surface area contributed by atoms with Crippen LogP contribution in [0.25, 0.3) is 16.7 Å². The molecule has 0 saturated carbocycles. The van der Waals surface area contributed by atoms with Crippen LogP contribution < -0.4 is 5.32 Å². The van der Waals surface area contributed by atoms with E-state index >= 15 is 0 Å². The zero-order valence-corrected chi connectivity index (χ0v) is 13.9. The summed E-state index contributed by atoms with van der Waals surface area (Å²) >= 11 is 0. The van der Waals surface area contributed by atoms with E-state index in [1.54, 1.807) is 17.2 Å². The van der Waals surface area contributed by atoms with Crippen molar-refractivity contribution in [2.24, 2.45) is 0 Å². The van der Waals surface area contributed by atoms with Gasteiger partial charge in [0, 0.05) is 6.54 Å². The minimum Gasteiger partial charge on any atom is -0.372 e. The molecule has 0 unspecified atom stereocenters. The summed E-state index contributed by atoms with van der Waals surface area (Å²) in [6, 6.07) is 9.91. The lowest BCUT2D eigenvalue weighted by atomic mass is 10.3. The van der Waals surface area contributed by atoms with E-state index in [-0.39, 0.29) is 0 Å². The molecule has 0 saturated heterocycles. The zero-order valence-electron chi connectivity index (χ0n) is 13.9. The second-order valence-corrected chi connectivity index (χ2v) is 5.94. The summed E-state index contributed by atoms with van der Waals surface area (Å²) in [5.41, 5.74) is 1.71. The van der Waals surface area contributed by atoms with E-state index in [0.29, 0.717) is 19.8 Å². The summed E-state index contributed by atoms with van der Waals surface area (Å²) in [5.74, 6) is 2.45. The molecular formula is C17H16N8O. The number of rotatable bonds is 4. The number of benzene rings is 1. The number of ether oxygens (including phenoxy) is 1. The monoisotopic (exact) mass is 348 g/mol. The molecule has 0 radical (unpaired) electrons. The molecule has 1 N–H and O–H groups in total. The van der Waals surface area contributed by atoms with Gasteiger partial charge in [-0.15, -0.1) is 10.2 Å². The van der Waals surface area contributed by atoms with Crippen molar-refractivity contribution in [3.63, 3.8) is 0 Å². The first kappa shape index (κ1) is 15.0. The Morgan fingerprint density at radius 1 is 1.12 bits per heavy atom. The lowest BCUT2D eigenvalue weighted by Crippen LogP contribution is -2.20. The quantitative estimate of drug-likeness (QED) is 0.598. The fourth-order valence-electron chi connectivity index (χ4n) is 3.09. The first-order chi connectivity index (χ1) is 12.9. The Hall–Kier alpha value is -3.33. The third-order valence-corrected chi connectivity index (χ3v) is 4.37. The summed E-state index contributed by atoms with van der Waals surface area (Å²) in [4.78, 5) is 8.76. The normalized spacial score (nSPS) is 13.7. The van der Waals surface area contributed by atoms with Crippen molar-refractivity contribution in [1.82, 2.24) is 34.5 Å². The van der Waals surface area contributed by atoms with Crippen LogP contribution in [0.3, 0.4) is 0 Å². The van der Waals surface area contributed by atoms with E-state index in [2.05, 4.69) is 35.1 Å². The third kappa shape index (κ3) is 2.49. The van der Waals surface area contributed by atoms with Crippen LogP contribution in [0.4, 0.5) is 5.82 Å². The van der Waals surface area contributed by atoms with Gasteiger partial charge >= 0.3 is 0 Å². The molecular weight excluding hydrogens is 332 g/mol. The smallest absolute Gasteiger partial charge is 0.168 e. The number of aromatic nitrogens is 7. The molecule has 4 heterocycles. The number of fused-ring (bicyclic) bond motifs is 2. The average Bonchev–Trinajstić information content (AvgIpc) is 3.32. The van der Waals surface area contributed by atoms with Crippen LogP contribution in [0, 0.1) is 0 Å². The van der Waals surface area contributed by atoms with Crippen LogP contribution in [-0.4, -0.2) is 41.1 Å². The van der Waals surface area contributed by atoms with Crippen molar-refractivity contribution in [2.45, 2.75) is 19.7 Å². The highest BCUT2D eigenvalue weighted by atomic mass is 16.5. The molecule has 0 bridgehead atoms. The van der Waals surface area contributed by atoms with Crippen molar-refractivity contribution >= 4 is 16.9 Å². The molecule has 0 atom stereocenters. The third-order valence-electron chi connectivity index (χ3n) is 4.37. The van der Waals surface area contributed by atoms with Crippen LogP contribution in [0.5, 0.6) is 0 Å². The van der Waals surface area contributed by atoms with Gasteiger partial charge in [-0.3, -0.25) is 0 Å². The SMILES string of the molecule is c1ccc(-n2ncc3c(NCc4nnc5n4CCOC5)ncnc32)cc1. The Bertz CT molecular complexity index is 1060. The van der Waals surface area contributed by atoms with Crippen LogP contribution in [0.2, 0.25) is 0 Å². The predicted octanol–water partition coefficient (Wildman–Crippen LogP) is 1.55. The van der Waals surface area contributed by atoms with E-state index in [0.717, 1.165) is 40.7 Å². The molecule has 0 fully saturated rings. The molecule has 1 aromatic carbocycles. The molecule has 9 nitrogen and oxygen atoms in total. The zero-order chi connectivity index (χ0) is 17.3. The molecule has 3 aromatic heterocycles. The number of hydrogen-bond donors (Lipinski definition) is 1. The molecule has 26 heavy (non-hydrogen) atoms. The molecule has 9 heteroatoms. The topological polar surface area (TPSA) is 95.6 Å². The predicted molar refractivity (Wildman–Crippen MR) is 93.7 cm³/mol. The minimum atomic E-state index is 0.509. The second kappa shape index (κ2) is 6.19. The number of para-hydroxylation sites is 1. The Morgan fingerprint density at radius 3 is 2.96 bits per heavy atom. The average molecular weight is 348 g/mol. The molecule has 5 rings (SSSR count).